The minimum Gasteiger partial charge on any atom is -0.385 e. The van der Waals surface area contributed by atoms with Crippen molar-refractivity contribution in [2.45, 2.75) is 83.6 Å². The lowest BCUT2D eigenvalue weighted by molar-refractivity contribution is 0.571. The molecule has 1 heterocycles. The van der Waals surface area contributed by atoms with E-state index in [1.807, 2.05) is 0 Å². The molecule has 0 saturated heterocycles. The van der Waals surface area contributed by atoms with Gasteiger partial charge in [0, 0.05) is 42.0 Å². The van der Waals surface area contributed by atoms with Crippen LogP contribution < -0.4 is 10.2 Å². The number of nitrogens with zero attached hydrogens (tertiary/aromatic N) is 1. The molecule has 0 amide bonds. The van der Waals surface area contributed by atoms with E-state index in [1.54, 1.807) is 0 Å². The lowest BCUT2D eigenvalue weighted by Crippen LogP contribution is -2.38. The van der Waals surface area contributed by atoms with Crippen LogP contribution in [0.15, 0.2) is 91.0 Å². The molecule has 1 atom stereocenters. The van der Waals surface area contributed by atoms with Gasteiger partial charge >= 0.3 is 0 Å². The number of anilines is 1. The number of nitrogens with one attached hydrogen (secondary N) is 1. The SMILES string of the molecule is CCCCCCCCCCNC1=CC(C)N(CCC(c2ccccc2)c2ccccc2)c2ccccc21. The van der Waals surface area contributed by atoms with Crippen LogP contribution in [0.5, 0.6) is 0 Å². The van der Waals surface area contributed by atoms with E-state index in [0.29, 0.717) is 12.0 Å². The van der Waals surface area contributed by atoms with Crippen molar-refractivity contribution >= 4 is 11.4 Å². The van der Waals surface area contributed by atoms with E-state index < -0.39 is 0 Å². The molecule has 4 rings (SSSR count). The van der Waals surface area contributed by atoms with Gasteiger partial charge in [0.25, 0.3) is 0 Å². The minimum atomic E-state index is 0.364. The monoisotopic (exact) mass is 494 g/mol. The second-order valence-electron chi connectivity index (χ2n) is 10.6. The van der Waals surface area contributed by atoms with Crippen LogP contribution in [-0.4, -0.2) is 19.1 Å². The molecule has 0 fully saturated rings. The minimum absolute atomic E-state index is 0.364. The van der Waals surface area contributed by atoms with E-state index in [-0.39, 0.29) is 0 Å². The molecule has 1 N–H and O–H groups in total. The Morgan fingerprint density at radius 3 is 1.92 bits per heavy atom. The van der Waals surface area contributed by atoms with Crippen LogP contribution in [-0.2, 0) is 0 Å². The smallest absolute Gasteiger partial charge is 0.0467 e. The summed E-state index contributed by atoms with van der Waals surface area (Å²) in [6.45, 7) is 6.71. The van der Waals surface area contributed by atoms with E-state index in [9.17, 15) is 0 Å². The van der Waals surface area contributed by atoms with Crippen LogP contribution in [0.25, 0.3) is 5.70 Å². The largest absolute Gasteiger partial charge is 0.385 e. The summed E-state index contributed by atoms with van der Waals surface area (Å²) in [5, 5.41) is 3.79. The third kappa shape index (κ3) is 7.74. The van der Waals surface area contributed by atoms with Gasteiger partial charge in [0.15, 0.2) is 0 Å². The van der Waals surface area contributed by atoms with E-state index >= 15 is 0 Å². The lowest BCUT2D eigenvalue weighted by Gasteiger charge is -2.37. The zero-order chi connectivity index (χ0) is 25.7. The van der Waals surface area contributed by atoms with Crippen LogP contribution in [0.4, 0.5) is 5.69 Å². The Labute approximate surface area is 225 Å². The van der Waals surface area contributed by atoms with Gasteiger partial charge in [-0.25, -0.2) is 0 Å². The highest BCUT2D eigenvalue weighted by molar-refractivity contribution is 5.80. The van der Waals surface area contributed by atoms with Crippen molar-refractivity contribution in [1.29, 1.82) is 0 Å². The molecule has 1 aliphatic heterocycles. The van der Waals surface area contributed by atoms with Gasteiger partial charge in [0.1, 0.15) is 0 Å². The number of rotatable bonds is 15. The van der Waals surface area contributed by atoms with Gasteiger partial charge in [-0.3, -0.25) is 0 Å². The zero-order valence-corrected chi connectivity index (χ0v) is 23.0. The van der Waals surface area contributed by atoms with E-state index in [4.69, 9.17) is 0 Å². The third-order valence-corrected chi connectivity index (χ3v) is 7.81. The molecule has 2 heteroatoms. The molecule has 2 nitrogen and oxygen atoms in total. The number of hydrogen-bond acceptors (Lipinski definition) is 2. The fraction of sp³-hybridized carbons (Fsp3) is 0.429. The summed E-state index contributed by atoms with van der Waals surface area (Å²) in [7, 11) is 0. The van der Waals surface area contributed by atoms with Gasteiger partial charge < -0.3 is 10.2 Å². The van der Waals surface area contributed by atoms with Crippen LogP contribution in [0, 0.1) is 0 Å². The molecule has 0 aromatic heterocycles. The van der Waals surface area contributed by atoms with E-state index in [0.717, 1.165) is 19.5 Å². The van der Waals surface area contributed by atoms with Crippen molar-refractivity contribution in [3.63, 3.8) is 0 Å². The molecule has 1 unspecified atom stereocenters. The first kappa shape index (κ1) is 27.0. The van der Waals surface area contributed by atoms with Crippen molar-refractivity contribution in [2.75, 3.05) is 18.0 Å². The van der Waals surface area contributed by atoms with Crippen molar-refractivity contribution in [2.24, 2.45) is 0 Å². The Hall–Kier alpha value is -3.00. The first-order valence-corrected chi connectivity index (χ1v) is 14.7. The maximum atomic E-state index is 3.79. The lowest BCUT2D eigenvalue weighted by atomic mass is 9.88. The first-order chi connectivity index (χ1) is 18.3. The number of para-hydroxylation sites is 1. The summed E-state index contributed by atoms with van der Waals surface area (Å²) >= 11 is 0. The summed E-state index contributed by atoms with van der Waals surface area (Å²) < 4.78 is 0. The zero-order valence-electron chi connectivity index (χ0n) is 23.0. The number of unbranched alkanes of at least 4 members (excludes halogenated alkanes) is 7. The normalized spacial score (nSPS) is 14.9. The number of fused-ring (bicyclic) bond motifs is 1. The fourth-order valence-corrected chi connectivity index (χ4v) is 5.72. The Balaban J connectivity index is 1.37. The van der Waals surface area contributed by atoms with Crippen molar-refractivity contribution < 1.29 is 0 Å². The number of benzene rings is 3. The van der Waals surface area contributed by atoms with Crippen LogP contribution >= 0.6 is 0 Å². The predicted molar refractivity (Wildman–Crippen MR) is 161 cm³/mol. The van der Waals surface area contributed by atoms with Crippen LogP contribution in [0.3, 0.4) is 0 Å². The third-order valence-electron chi connectivity index (χ3n) is 7.81. The van der Waals surface area contributed by atoms with Gasteiger partial charge in [0.05, 0.1) is 0 Å². The molecule has 0 radical (unpaired) electrons. The maximum absolute atomic E-state index is 3.79. The quantitative estimate of drug-likeness (QED) is 0.212. The molecule has 3 aromatic rings. The highest BCUT2D eigenvalue weighted by atomic mass is 15.2. The maximum Gasteiger partial charge on any atom is 0.0467 e. The molecule has 3 aromatic carbocycles. The molecule has 196 valence electrons. The highest BCUT2D eigenvalue weighted by Crippen LogP contribution is 2.35. The Bertz CT molecular complexity index is 1030. The van der Waals surface area contributed by atoms with Crippen LogP contribution in [0.2, 0.25) is 0 Å². The Morgan fingerprint density at radius 1 is 0.703 bits per heavy atom. The summed E-state index contributed by atoms with van der Waals surface area (Å²) in [5.41, 5.74) is 6.81. The predicted octanol–water partition coefficient (Wildman–Crippen LogP) is 9.19. The van der Waals surface area contributed by atoms with E-state index in [1.165, 1.54) is 79.4 Å². The van der Waals surface area contributed by atoms with Crippen molar-refractivity contribution in [1.82, 2.24) is 5.32 Å². The molecule has 0 spiro atoms. The highest BCUT2D eigenvalue weighted by Gasteiger charge is 2.25. The Kier molecular flexibility index (Phi) is 10.7. The van der Waals surface area contributed by atoms with Crippen molar-refractivity contribution in [3.8, 4) is 0 Å². The molecule has 1 aliphatic rings. The topological polar surface area (TPSA) is 15.3 Å². The van der Waals surface area contributed by atoms with Gasteiger partial charge in [-0.05, 0) is 43.0 Å². The molecular weight excluding hydrogens is 448 g/mol. The second kappa shape index (κ2) is 14.7. The molecule has 0 saturated carbocycles. The molecule has 0 aliphatic carbocycles. The molecule has 37 heavy (non-hydrogen) atoms. The van der Waals surface area contributed by atoms with Gasteiger partial charge in [-0.1, -0.05) is 131 Å². The summed E-state index contributed by atoms with van der Waals surface area (Å²) in [6, 6.07) is 31.3. The molecular formula is C35H46N2. The van der Waals surface area contributed by atoms with Gasteiger partial charge in [-0.2, -0.15) is 0 Å². The van der Waals surface area contributed by atoms with Gasteiger partial charge in [-0.15, -0.1) is 0 Å². The van der Waals surface area contributed by atoms with Gasteiger partial charge in [0.2, 0.25) is 0 Å². The summed E-state index contributed by atoms with van der Waals surface area (Å²) in [5.74, 6) is 0.396. The summed E-state index contributed by atoms with van der Waals surface area (Å²) in [6.07, 6.45) is 14.4. The van der Waals surface area contributed by atoms with Crippen LogP contribution in [0.1, 0.15) is 94.2 Å². The Morgan fingerprint density at radius 2 is 1.27 bits per heavy atom. The first-order valence-electron chi connectivity index (χ1n) is 14.7. The second-order valence-corrected chi connectivity index (χ2v) is 10.6. The summed E-state index contributed by atoms with van der Waals surface area (Å²) in [4.78, 5) is 2.59. The fourth-order valence-electron chi connectivity index (χ4n) is 5.72. The van der Waals surface area contributed by atoms with Crippen molar-refractivity contribution in [3.05, 3.63) is 108 Å². The van der Waals surface area contributed by atoms with E-state index in [2.05, 4.69) is 115 Å². The average Bonchev–Trinajstić information content (AvgIpc) is 2.94. The number of hydrogen-bond donors (Lipinski definition) is 1. The average molecular weight is 495 g/mol. The standard InChI is InChI=1S/C35H46N2/c1-3-4-5-6-7-8-9-18-26-36-34-28-29(2)37(35-24-17-16-23-33(34)35)27-25-32(30-19-12-10-13-20-30)31-21-14-11-15-22-31/h10-17,19-24,28-29,32,36H,3-9,18,25-27H2,1-2H3. The molecule has 0 bridgehead atoms.